The molecule has 0 bridgehead atoms. The van der Waals surface area contributed by atoms with E-state index in [1.54, 1.807) is 12.1 Å². The largest absolute Gasteiger partial charge is 0.507 e. The summed E-state index contributed by atoms with van der Waals surface area (Å²) in [5.74, 6) is -0.761. The van der Waals surface area contributed by atoms with E-state index in [0.717, 1.165) is 15.9 Å². The summed E-state index contributed by atoms with van der Waals surface area (Å²) in [6.07, 6.45) is 0. The first-order chi connectivity index (χ1) is 13.7. The van der Waals surface area contributed by atoms with Gasteiger partial charge in [-0.25, -0.2) is 0 Å². The zero-order valence-electron chi connectivity index (χ0n) is 15.4. The van der Waals surface area contributed by atoms with E-state index in [4.69, 9.17) is 0 Å². The summed E-state index contributed by atoms with van der Waals surface area (Å²) in [4.78, 5) is 0. The van der Waals surface area contributed by atoms with Crippen LogP contribution in [-0.2, 0) is 0 Å². The zero-order valence-corrected chi connectivity index (χ0v) is 16.3. The number of aliphatic hydroxyl groups is 1. The molecule has 28 heavy (non-hydrogen) atoms. The Kier molecular flexibility index (Phi) is 5.25. The number of phenolic OH excluding ortho intramolecular Hbond substituents is 1. The molecular weight excluding hydrogens is 363 g/mol. The molecular formula is C25H22O2P+. The molecule has 2 N–H and O–H groups in total. The van der Waals surface area contributed by atoms with Crippen molar-refractivity contribution in [2.75, 3.05) is 0 Å². The Morgan fingerprint density at radius 1 is 0.500 bits per heavy atom. The van der Waals surface area contributed by atoms with E-state index >= 15 is 0 Å². The third-order valence-electron chi connectivity index (χ3n) is 5.07. The highest BCUT2D eigenvalue weighted by Crippen LogP contribution is 2.66. The van der Waals surface area contributed by atoms with Crippen LogP contribution in [0.15, 0.2) is 115 Å². The molecule has 0 saturated heterocycles. The maximum Gasteiger partial charge on any atom is 0.208 e. The van der Waals surface area contributed by atoms with Gasteiger partial charge >= 0.3 is 0 Å². The number of aromatic hydroxyl groups is 1. The quantitative estimate of drug-likeness (QED) is 0.501. The van der Waals surface area contributed by atoms with Gasteiger partial charge in [0.05, 0.1) is 5.56 Å². The van der Waals surface area contributed by atoms with Crippen LogP contribution in [0.4, 0.5) is 0 Å². The van der Waals surface area contributed by atoms with Crippen LogP contribution in [0.2, 0.25) is 0 Å². The van der Waals surface area contributed by atoms with Crippen molar-refractivity contribution < 1.29 is 10.2 Å². The van der Waals surface area contributed by atoms with Gasteiger partial charge in [0.15, 0.2) is 0 Å². The Balaban J connectivity index is 2.09. The third-order valence-corrected chi connectivity index (χ3v) is 9.42. The Morgan fingerprint density at radius 3 is 1.25 bits per heavy atom. The zero-order chi connectivity index (χ0) is 19.4. The lowest BCUT2D eigenvalue weighted by molar-refractivity contribution is 0.258. The van der Waals surface area contributed by atoms with E-state index in [0.29, 0.717) is 5.56 Å². The summed E-state index contributed by atoms with van der Waals surface area (Å²) in [5, 5.41) is 25.6. The van der Waals surface area contributed by atoms with Crippen molar-refractivity contribution in [1.82, 2.24) is 0 Å². The number of rotatable bonds is 5. The second kappa shape index (κ2) is 7.98. The van der Waals surface area contributed by atoms with Gasteiger partial charge in [0, 0.05) is 0 Å². The van der Waals surface area contributed by atoms with Gasteiger partial charge in [-0.1, -0.05) is 66.7 Å². The molecule has 4 aromatic rings. The molecule has 2 nitrogen and oxygen atoms in total. The predicted octanol–water partition coefficient (Wildman–Crippen LogP) is 4.38. The van der Waals surface area contributed by atoms with Gasteiger partial charge in [-0.3, -0.25) is 0 Å². The van der Waals surface area contributed by atoms with Gasteiger partial charge in [-0.15, -0.1) is 0 Å². The van der Waals surface area contributed by atoms with Crippen molar-refractivity contribution in [3.05, 3.63) is 121 Å². The van der Waals surface area contributed by atoms with E-state index < -0.39 is 13.1 Å². The fourth-order valence-electron chi connectivity index (χ4n) is 3.77. The SMILES string of the molecule is Oc1ccccc1C(O)[P+](c1ccccc1)(c1ccccc1)c1ccccc1. The molecule has 1 atom stereocenters. The molecule has 4 aromatic carbocycles. The van der Waals surface area contributed by atoms with Gasteiger partial charge in [-0.05, 0) is 48.5 Å². The number of phenols is 1. The number of para-hydroxylation sites is 1. The smallest absolute Gasteiger partial charge is 0.208 e. The van der Waals surface area contributed by atoms with Crippen LogP contribution in [0.3, 0.4) is 0 Å². The first-order valence-corrected chi connectivity index (χ1v) is 11.1. The molecule has 0 aromatic heterocycles. The number of hydrogen-bond donors (Lipinski definition) is 2. The minimum atomic E-state index is -2.50. The molecule has 0 radical (unpaired) electrons. The van der Waals surface area contributed by atoms with Crippen LogP contribution in [0.5, 0.6) is 5.75 Å². The summed E-state index contributed by atoms with van der Waals surface area (Å²) in [6, 6.07) is 37.6. The minimum absolute atomic E-state index is 0.113. The third kappa shape index (κ3) is 3.11. The highest BCUT2D eigenvalue weighted by molar-refractivity contribution is 7.95. The van der Waals surface area contributed by atoms with E-state index in [-0.39, 0.29) is 5.75 Å². The monoisotopic (exact) mass is 385 g/mol. The molecule has 0 aliphatic carbocycles. The maximum atomic E-state index is 11.9. The lowest BCUT2D eigenvalue weighted by Gasteiger charge is -2.32. The van der Waals surface area contributed by atoms with E-state index in [2.05, 4.69) is 36.4 Å². The van der Waals surface area contributed by atoms with Crippen LogP contribution < -0.4 is 15.9 Å². The lowest BCUT2D eigenvalue weighted by Crippen LogP contribution is -2.35. The van der Waals surface area contributed by atoms with E-state index in [1.807, 2.05) is 66.7 Å². The first kappa shape index (κ1) is 18.4. The second-order valence-electron chi connectivity index (χ2n) is 6.66. The van der Waals surface area contributed by atoms with Crippen molar-refractivity contribution in [2.45, 2.75) is 5.85 Å². The standard InChI is InChI=1S/C25H21O2P/c26-24-19-11-10-18-23(24)25(27)28(20-12-4-1-5-13-20,21-14-6-2-7-15-21)22-16-8-3-9-17-22/h1-19,25,27H/p+1. The fraction of sp³-hybridized carbons (Fsp3) is 0.0400. The van der Waals surface area contributed by atoms with Crippen LogP contribution in [0, 0.1) is 0 Å². The van der Waals surface area contributed by atoms with Gasteiger partial charge in [-0.2, -0.15) is 0 Å². The van der Waals surface area contributed by atoms with Crippen molar-refractivity contribution in [3.8, 4) is 5.75 Å². The van der Waals surface area contributed by atoms with Crippen LogP contribution in [0.25, 0.3) is 0 Å². The minimum Gasteiger partial charge on any atom is -0.507 e. The molecule has 0 saturated carbocycles. The Hall–Kier alpha value is -2.93. The van der Waals surface area contributed by atoms with Crippen LogP contribution in [-0.4, -0.2) is 10.2 Å². The molecule has 0 spiro atoms. The molecule has 3 heteroatoms. The van der Waals surface area contributed by atoms with Crippen LogP contribution in [0.1, 0.15) is 11.4 Å². The summed E-state index contributed by atoms with van der Waals surface area (Å²) in [7, 11) is -2.50. The maximum absolute atomic E-state index is 11.9. The molecule has 0 aliphatic rings. The molecule has 138 valence electrons. The average molecular weight is 385 g/mol. The first-order valence-electron chi connectivity index (χ1n) is 9.26. The summed E-state index contributed by atoms with van der Waals surface area (Å²) >= 11 is 0. The number of aliphatic hydroxyl groups excluding tert-OH is 1. The topological polar surface area (TPSA) is 40.5 Å². The molecule has 1 unspecified atom stereocenters. The summed E-state index contributed by atoms with van der Waals surface area (Å²) in [5.41, 5.74) is 0.549. The average Bonchev–Trinajstić information content (AvgIpc) is 2.77. The number of hydrogen-bond acceptors (Lipinski definition) is 2. The summed E-state index contributed by atoms with van der Waals surface area (Å²) < 4.78 is 0. The predicted molar refractivity (Wildman–Crippen MR) is 118 cm³/mol. The fourth-order valence-corrected chi connectivity index (χ4v) is 8.08. The molecule has 0 amide bonds. The molecule has 4 rings (SSSR count). The van der Waals surface area contributed by atoms with Gasteiger partial charge in [0.1, 0.15) is 28.9 Å². The van der Waals surface area contributed by atoms with Crippen molar-refractivity contribution >= 4 is 23.2 Å². The highest BCUT2D eigenvalue weighted by Gasteiger charge is 2.53. The Morgan fingerprint density at radius 2 is 0.857 bits per heavy atom. The van der Waals surface area contributed by atoms with Gasteiger partial charge in [0.2, 0.25) is 5.85 Å². The van der Waals surface area contributed by atoms with Crippen molar-refractivity contribution in [2.24, 2.45) is 0 Å². The Bertz CT molecular complexity index is 937. The van der Waals surface area contributed by atoms with Gasteiger partial charge < -0.3 is 10.2 Å². The highest BCUT2D eigenvalue weighted by atomic mass is 31.2. The van der Waals surface area contributed by atoms with Gasteiger partial charge in [0.25, 0.3) is 0 Å². The second-order valence-corrected chi connectivity index (χ2v) is 10.1. The normalized spacial score (nSPS) is 12.5. The Labute approximate surface area is 166 Å². The van der Waals surface area contributed by atoms with Crippen LogP contribution >= 0.6 is 7.26 Å². The molecule has 0 aliphatic heterocycles. The summed E-state index contributed by atoms with van der Waals surface area (Å²) in [6.45, 7) is 0. The molecule has 0 heterocycles. The van der Waals surface area contributed by atoms with Crippen molar-refractivity contribution in [3.63, 3.8) is 0 Å². The van der Waals surface area contributed by atoms with E-state index in [9.17, 15) is 10.2 Å². The number of benzene rings is 4. The van der Waals surface area contributed by atoms with Crippen molar-refractivity contribution in [1.29, 1.82) is 0 Å². The molecule has 0 fully saturated rings. The lowest BCUT2D eigenvalue weighted by atomic mass is 10.2. The van der Waals surface area contributed by atoms with E-state index in [1.165, 1.54) is 0 Å².